The fourth-order valence-corrected chi connectivity index (χ4v) is 2.66. The van der Waals surface area contributed by atoms with E-state index in [1.54, 1.807) is 0 Å². The van der Waals surface area contributed by atoms with Crippen molar-refractivity contribution < 1.29 is 4.42 Å². The number of benzene rings is 2. The van der Waals surface area contributed by atoms with E-state index in [1.807, 2.05) is 25.1 Å². The third-order valence-corrected chi connectivity index (χ3v) is 3.81. The predicted octanol–water partition coefficient (Wildman–Crippen LogP) is 5.12. The smallest absolute Gasteiger partial charge is 0.123 e. The maximum Gasteiger partial charge on any atom is 0.123 e. The Morgan fingerprint density at radius 1 is 1.00 bits per heavy atom. The number of rotatable bonds is 3. The highest BCUT2D eigenvalue weighted by Crippen LogP contribution is 2.30. The first kappa shape index (κ1) is 12.3. The molecule has 19 heavy (non-hydrogen) atoms. The SMILES string of the molecule is Cc1ccc(CNc2ccc(Br)c3ccccc23)o1. The van der Waals surface area contributed by atoms with Crippen molar-refractivity contribution in [3.63, 3.8) is 0 Å². The second-order valence-electron chi connectivity index (χ2n) is 4.51. The fraction of sp³-hybridized carbons (Fsp3) is 0.125. The second-order valence-corrected chi connectivity index (χ2v) is 5.36. The van der Waals surface area contributed by atoms with E-state index in [9.17, 15) is 0 Å². The number of anilines is 1. The first-order valence-corrected chi connectivity index (χ1v) is 7.00. The van der Waals surface area contributed by atoms with Gasteiger partial charge in [-0.3, -0.25) is 0 Å². The number of hydrogen-bond donors (Lipinski definition) is 1. The van der Waals surface area contributed by atoms with Gasteiger partial charge >= 0.3 is 0 Å². The largest absolute Gasteiger partial charge is 0.465 e. The van der Waals surface area contributed by atoms with Crippen LogP contribution in [0.2, 0.25) is 0 Å². The summed E-state index contributed by atoms with van der Waals surface area (Å²) in [6.45, 7) is 2.65. The molecule has 0 spiro atoms. The topological polar surface area (TPSA) is 25.2 Å². The van der Waals surface area contributed by atoms with Crippen molar-refractivity contribution in [2.75, 3.05) is 5.32 Å². The standard InChI is InChI=1S/C16H14BrNO/c1-11-6-7-12(19-11)10-18-16-9-8-15(17)13-4-2-3-5-14(13)16/h2-9,18H,10H2,1H3. The summed E-state index contributed by atoms with van der Waals surface area (Å²) in [6.07, 6.45) is 0. The molecule has 0 atom stereocenters. The maximum atomic E-state index is 5.57. The third kappa shape index (κ3) is 2.51. The molecule has 0 bridgehead atoms. The lowest BCUT2D eigenvalue weighted by Crippen LogP contribution is -1.98. The van der Waals surface area contributed by atoms with Gasteiger partial charge in [0.25, 0.3) is 0 Å². The Morgan fingerprint density at radius 2 is 1.79 bits per heavy atom. The molecule has 3 aromatic rings. The molecule has 0 radical (unpaired) electrons. The number of halogens is 1. The van der Waals surface area contributed by atoms with Gasteiger partial charge in [0.1, 0.15) is 11.5 Å². The van der Waals surface area contributed by atoms with Gasteiger partial charge in [-0.25, -0.2) is 0 Å². The summed E-state index contributed by atoms with van der Waals surface area (Å²) in [4.78, 5) is 0. The average Bonchev–Trinajstić information content (AvgIpc) is 2.84. The van der Waals surface area contributed by atoms with Crippen LogP contribution in [0.15, 0.2) is 57.4 Å². The minimum absolute atomic E-state index is 0.694. The molecule has 1 aromatic heterocycles. The van der Waals surface area contributed by atoms with Crippen LogP contribution in [0.5, 0.6) is 0 Å². The van der Waals surface area contributed by atoms with Gasteiger partial charge < -0.3 is 9.73 Å². The Morgan fingerprint density at radius 3 is 2.53 bits per heavy atom. The minimum Gasteiger partial charge on any atom is -0.465 e. The maximum absolute atomic E-state index is 5.57. The lowest BCUT2D eigenvalue weighted by atomic mass is 10.1. The molecule has 2 nitrogen and oxygen atoms in total. The van der Waals surface area contributed by atoms with E-state index in [-0.39, 0.29) is 0 Å². The molecule has 0 unspecified atom stereocenters. The van der Waals surface area contributed by atoms with Crippen LogP contribution >= 0.6 is 15.9 Å². The van der Waals surface area contributed by atoms with Crippen molar-refractivity contribution in [2.45, 2.75) is 13.5 Å². The zero-order chi connectivity index (χ0) is 13.2. The first-order valence-electron chi connectivity index (χ1n) is 6.20. The molecule has 1 N–H and O–H groups in total. The summed E-state index contributed by atoms with van der Waals surface area (Å²) >= 11 is 3.58. The third-order valence-electron chi connectivity index (χ3n) is 3.12. The van der Waals surface area contributed by atoms with E-state index in [0.717, 1.165) is 21.7 Å². The van der Waals surface area contributed by atoms with Gasteiger partial charge in [-0.1, -0.05) is 40.2 Å². The molecule has 0 aliphatic carbocycles. The Hall–Kier alpha value is -1.74. The van der Waals surface area contributed by atoms with Crippen molar-refractivity contribution in [2.24, 2.45) is 0 Å². The number of hydrogen-bond acceptors (Lipinski definition) is 2. The van der Waals surface area contributed by atoms with E-state index in [0.29, 0.717) is 6.54 Å². The van der Waals surface area contributed by atoms with E-state index >= 15 is 0 Å². The Kier molecular flexibility index (Phi) is 3.30. The summed E-state index contributed by atoms with van der Waals surface area (Å²) in [5.74, 6) is 1.89. The van der Waals surface area contributed by atoms with Crippen LogP contribution < -0.4 is 5.32 Å². The number of nitrogens with one attached hydrogen (secondary N) is 1. The quantitative estimate of drug-likeness (QED) is 0.726. The Bertz CT molecular complexity index is 718. The van der Waals surface area contributed by atoms with E-state index in [2.05, 4.69) is 51.6 Å². The van der Waals surface area contributed by atoms with Crippen LogP contribution in [0, 0.1) is 6.92 Å². The zero-order valence-corrected chi connectivity index (χ0v) is 12.2. The molecule has 3 rings (SSSR count). The molecular weight excluding hydrogens is 302 g/mol. The minimum atomic E-state index is 0.694. The molecule has 1 heterocycles. The highest BCUT2D eigenvalue weighted by molar-refractivity contribution is 9.10. The van der Waals surface area contributed by atoms with E-state index < -0.39 is 0 Å². The molecule has 96 valence electrons. The summed E-state index contributed by atoms with van der Waals surface area (Å²) < 4.78 is 6.68. The van der Waals surface area contributed by atoms with Crippen LogP contribution in [0.3, 0.4) is 0 Å². The summed E-state index contributed by atoms with van der Waals surface area (Å²) in [5.41, 5.74) is 1.12. The first-order chi connectivity index (χ1) is 9.24. The molecule has 0 saturated heterocycles. The normalized spacial score (nSPS) is 10.8. The molecule has 0 fully saturated rings. The molecule has 0 aliphatic rings. The zero-order valence-electron chi connectivity index (χ0n) is 10.6. The van der Waals surface area contributed by atoms with Gasteiger partial charge in [0, 0.05) is 15.5 Å². The van der Waals surface area contributed by atoms with Crippen LogP contribution in [-0.4, -0.2) is 0 Å². The highest BCUT2D eigenvalue weighted by atomic mass is 79.9. The molecule has 2 aromatic carbocycles. The molecule has 0 saturated carbocycles. The van der Waals surface area contributed by atoms with Crippen LogP contribution in [-0.2, 0) is 6.54 Å². The van der Waals surface area contributed by atoms with Gasteiger partial charge in [0.15, 0.2) is 0 Å². The van der Waals surface area contributed by atoms with E-state index in [4.69, 9.17) is 4.42 Å². The highest BCUT2D eigenvalue weighted by Gasteiger charge is 2.04. The molecular formula is C16H14BrNO. The fourth-order valence-electron chi connectivity index (χ4n) is 2.18. The van der Waals surface area contributed by atoms with Gasteiger partial charge in [-0.15, -0.1) is 0 Å². The van der Waals surface area contributed by atoms with Crippen molar-refractivity contribution in [1.29, 1.82) is 0 Å². The van der Waals surface area contributed by atoms with Crippen molar-refractivity contribution >= 4 is 32.4 Å². The van der Waals surface area contributed by atoms with Crippen molar-refractivity contribution in [1.82, 2.24) is 0 Å². The summed E-state index contributed by atoms with van der Waals surface area (Å²) in [7, 11) is 0. The number of furan rings is 1. The summed E-state index contributed by atoms with van der Waals surface area (Å²) in [5, 5.41) is 5.85. The van der Waals surface area contributed by atoms with Crippen LogP contribution in [0.1, 0.15) is 11.5 Å². The number of fused-ring (bicyclic) bond motifs is 1. The lowest BCUT2D eigenvalue weighted by molar-refractivity contribution is 0.490. The van der Waals surface area contributed by atoms with Gasteiger partial charge in [0.2, 0.25) is 0 Å². The Balaban J connectivity index is 1.91. The average molecular weight is 316 g/mol. The lowest BCUT2D eigenvalue weighted by Gasteiger charge is -2.10. The molecule has 3 heteroatoms. The summed E-state index contributed by atoms with van der Waals surface area (Å²) in [6, 6.07) is 16.5. The van der Waals surface area contributed by atoms with E-state index in [1.165, 1.54) is 10.8 Å². The molecule has 0 aliphatic heterocycles. The van der Waals surface area contributed by atoms with Gasteiger partial charge in [0.05, 0.1) is 6.54 Å². The van der Waals surface area contributed by atoms with Crippen LogP contribution in [0.25, 0.3) is 10.8 Å². The molecule has 0 amide bonds. The predicted molar refractivity (Wildman–Crippen MR) is 82.4 cm³/mol. The monoisotopic (exact) mass is 315 g/mol. The van der Waals surface area contributed by atoms with Gasteiger partial charge in [-0.05, 0) is 36.6 Å². The van der Waals surface area contributed by atoms with Crippen molar-refractivity contribution in [3.05, 3.63) is 64.5 Å². The Labute approximate surface area is 120 Å². The van der Waals surface area contributed by atoms with Crippen molar-refractivity contribution in [3.8, 4) is 0 Å². The number of aryl methyl sites for hydroxylation is 1. The van der Waals surface area contributed by atoms with Crippen LogP contribution in [0.4, 0.5) is 5.69 Å². The second kappa shape index (κ2) is 5.10. The van der Waals surface area contributed by atoms with Gasteiger partial charge in [-0.2, -0.15) is 0 Å².